The van der Waals surface area contributed by atoms with Gasteiger partial charge in [-0.2, -0.15) is 5.26 Å². The third-order valence-corrected chi connectivity index (χ3v) is 1.95. The van der Waals surface area contributed by atoms with Crippen LogP contribution in [0.2, 0.25) is 0 Å². The predicted octanol–water partition coefficient (Wildman–Crippen LogP) is 2.24. The van der Waals surface area contributed by atoms with Crippen molar-refractivity contribution in [1.29, 1.82) is 5.26 Å². The standard InChI is InChI=1S/C14H13NO3/c1-2-6-12(11-15)14(16)18-10-9-17-13-7-4-3-5-8-13/h2-8H,1,9-10H2/b12-6-. The van der Waals surface area contributed by atoms with Crippen molar-refractivity contribution in [1.82, 2.24) is 0 Å². The number of ether oxygens (including phenoxy) is 2. The number of hydrogen-bond donors (Lipinski definition) is 0. The summed E-state index contributed by atoms with van der Waals surface area (Å²) < 4.78 is 10.2. The second-order valence-corrected chi connectivity index (χ2v) is 3.23. The van der Waals surface area contributed by atoms with Gasteiger partial charge in [-0.05, 0) is 18.2 Å². The summed E-state index contributed by atoms with van der Waals surface area (Å²) in [6.45, 7) is 3.73. The SMILES string of the molecule is C=C/C=C(/C#N)C(=O)OCCOc1ccccc1. The summed E-state index contributed by atoms with van der Waals surface area (Å²) in [5, 5.41) is 8.66. The van der Waals surface area contributed by atoms with Gasteiger partial charge in [-0.1, -0.05) is 30.9 Å². The van der Waals surface area contributed by atoms with Gasteiger partial charge in [0, 0.05) is 0 Å². The lowest BCUT2D eigenvalue weighted by Gasteiger charge is -2.06. The van der Waals surface area contributed by atoms with E-state index >= 15 is 0 Å². The van der Waals surface area contributed by atoms with Crippen molar-refractivity contribution in [2.75, 3.05) is 13.2 Å². The number of nitrogens with zero attached hydrogens (tertiary/aromatic N) is 1. The Morgan fingerprint density at radius 3 is 2.67 bits per heavy atom. The first-order valence-corrected chi connectivity index (χ1v) is 5.35. The van der Waals surface area contributed by atoms with Crippen molar-refractivity contribution in [2.24, 2.45) is 0 Å². The van der Waals surface area contributed by atoms with Crippen LogP contribution in [0.3, 0.4) is 0 Å². The number of rotatable bonds is 6. The maximum Gasteiger partial charge on any atom is 0.349 e. The number of para-hydroxylation sites is 1. The molecule has 0 radical (unpaired) electrons. The van der Waals surface area contributed by atoms with E-state index in [0.29, 0.717) is 5.75 Å². The van der Waals surface area contributed by atoms with E-state index in [-0.39, 0.29) is 18.8 Å². The normalized spacial score (nSPS) is 10.3. The van der Waals surface area contributed by atoms with Crippen molar-refractivity contribution < 1.29 is 14.3 Å². The number of esters is 1. The molecule has 0 amide bonds. The molecule has 0 aliphatic heterocycles. The molecule has 4 heteroatoms. The van der Waals surface area contributed by atoms with E-state index in [4.69, 9.17) is 14.7 Å². The van der Waals surface area contributed by atoms with Crippen LogP contribution in [0, 0.1) is 11.3 Å². The molecule has 0 heterocycles. The minimum atomic E-state index is -0.672. The molecular weight excluding hydrogens is 230 g/mol. The fourth-order valence-corrected chi connectivity index (χ4v) is 1.16. The van der Waals surface area contributed by atoms with Crippen molar-refractivity contribution in [2.45, 2.75) is 0 Å². The molecule has 0 aromatic heterocycles. The minimum absolute atomic E-state index is 0.0790. The van der Waals surface area contributed by atoms with Crippen LogP contribution in [0.1, 0.15) is 0 Å². The van der Waals surface area contributed by atoms with Crippen LogP contribution in [-0.4, -0.2) is 19.2 Å². The predicted molar refractivity (Wildman–Crippen MR) is 66.8 cm³/mol. The molecule has 0 aliphatic carbocycles. The quantitative estimate of drug-likeness (QED) is 0.253. The summed E-state index contributed by atoms with van der Waals surface area (Å²) in [6.07, 6.45) is 2.67. The maximum atomic E-state index is 11.4. The molecule has 0 aliphatic rings. The Morgan fingerprint density at radius 1 is 1.33 bits per heavy atom. The number of allylic oxidation sites excluding steroid dienone is 2. The van der Waals surface area contributed by atoms with E-state index in [2.05, 4.69) is 6.58 Å². The van der Waals surface area contributed by atoms with Gasteiger partial charge in [0.15, 0.2) is 0 Å². The Labute approximate surface area is 106 Å². The van der Waals surface area contributed by atoms with Gasteiger partial charge in [-0.25, -0.2) is 4.79 Å². The van der Waals surface area contributed by atoms with E-state index in [1.165, 1.54) is 12.2 Å². The molecule has 0 spiro atoms. The molecule has 1 aromatic carbocycles. The Hall–Kier alpha value is -2.54. The molecule has 0 bridgehead atoms. The van der Waals surface area contributed by atoms with Crippen LogP contribution in [0.4, 0.5) is 0 Å². The second kappa shape index (κ2) is 7.69. The lowest BCUT2D eigenvalue weighted by molar-refractivity contribution is -0.139. The number of carbonyl (C=O) groups excluding carboxylic acids is 1. The van der Waals surface area contributed by atoms with Crippen LogP contribution in [-0.2, 0) is 9.53 Å². The maximum absolute atomic E-state index is 11.4. The third kappa shape index (κ3) is 4.54. The number of carbonyl (C=O) groups is 1. The van der Waals surface area contributed by atoms with E-state index in [1.54, 1.807) is 18.2 Å². The summed E-state index contributed by atoms with van der Waals surface area (Å²) in [5.41, 5.74) is -0.0790. The Bertz CT molecular complexity index is 472. The Balaban J connectivity index is 2.30. The highest BCUT2D eigenvalue weighted by Gasteiger charge is 2.08. The van der Waals surface area contributed by atoms with Gasteiger partial charge >= 0.3 is 5.97 Å². The molecule has 0 fully saturated rings. The third-order valence-electron chi connectivity index (χ3n) is 1.95. The van der Waals surface area contributed by atoms with Crippen LogP contribution < -0.4 is 4.74 Å². The largest absolute Gasteiger partial charge is 0.490 e. The molecule has 1 aromatic rings. The van der Waals surface area contributed by atoms with Crippen molar-refractivity contribution in [3.8, 4) is 11.8 Å². The molecule has 0 saturated carbocycles. The lowest BCUT2D eigenvalue weighted by atomic mass is 10.3. The van der Waals surface area contributed by atoms with Crippen LogP contribution in [0.15, 0.2) is 54.6 Å². The highest BCUT2D eigenvalue weighted by Crippen LogP contribution is 2.07. The minimum Gasteiger partial charge on any atom is -0.490 e. The molecule has 0 N–H and O–H groups in total. The average Bonchev–Trinajstić information content (AvgIpc) is 2.42. The van der Waals surface area contributed by atoms with Crippen molar-refractivity contribution >= 4 is 5.97 Å². The van der Waals surface area contributed by atoms with Gasteiger partial charge in [0.2, 0.25) is 0 Å². The summed E-state index contributed by atoms with van der Waals surface area (Å²) >= 11 is 0. The summed E-state index contributed by atoms with van der Waals surface area (Å²) in [4.78, 5) is 11.4. The lowest BCUT2D eigenvalue weighted by Crippen LogP contribution is -2.13. The van der Waals surface area contributed by atoms with Crippen LogP contribution in [0.5, 0.6) is 5.75 Å². The zero-order chi connectivity index (χ0) is 13.2. The number of hydrogen-bond acceptors (Lipinski definition) is 4. The zero-order valence-electron chi connectivity index (χ0n) is 9.83. The van der Waals surface area contributed by atoms with Crippen molar-refractivity contribution in [3.05, 3.63) is 54.6 Å². The molecule has 0 atom stereocenters. The first kappa shape index (κ1) is 13.5. The highest BCUT2D eigenvalue weighted by atomic mass is 16.6. The first-order chi connectivity index (χ1) is 8.77. The zero-order valence-corrected chi connectivity index (χ0v) is 9.83. The summed E-state index contributed by atoms with van der Waals surface area (Å²) in [7, 11) is 0. The fourth-order valence-electron chi connectivity index (χ4n) is 1.16. The monoisotopic (exact) mass is 243 g/mol. The van der Waals surface area contributed by atoms with Gasteiger partial charge < -0.3 is 9.47 Å². The van der Waals surface area contributed by atoms with Gasteiger partial charge in [0.25, 0.3) is 0 Å². The Kier molecular flexibility index (Phi) is 5.78. The molecule has 0 saturated heterocycles. The molecule has 1 rings (SSSR count). The van der Waals surface area contributed by atoms with E-state index in [0.717, 1.165) is 0 Å². The fraction of sp³-hybridized carbons (Fsp3) is 0.143. The number of nitriles is 1. The van der Waals surface area contributed by atoms with Gasteiger partial charge in [-0.15, -0.1) is 0 Å². The number of benzene rings is 1. The Morgan fingerprint density at radius 2 is 2.06 bits per heavy atom. The smallest absolute Gasteiger partial charge is 0.349 e. The van der Waals surface area contributed by atoms with Crippen molar-refractivity contribution in [3.63, 3.8) is 0 Å². The molecule has 18 heavy (non-hydrogen) atoms. The van der Waals surface area contributed by atoms with Gasteiger partial charge in [0.1, 0.15) is 30.6 Å². The van der Waals surface area contributed by atoms with E-state index in [1.807, 2.05) is 18.2 Å². The van der Waals surface area contributed by atoms with Gasteiger partial charge in [-0.3, -0.25) is 0 Å². The molecule has 0 unspecified atom stereocenters. The van der Waals surface area contributed by atoms with Crippen LogP contribution in [0.25, 0.3) is 0 Å². The molecule has 92 valence electrons. The average molecular weight is 243 g/mol. The first-order valence-electron chi connectivity index (χ1n) is 5.35. The van der Waals surface area contributed by atoms with E-state index < -0.39 is 5.97 Å². The van der Waals surface area contributed by atoms with E-state index in [9.17, 15) is 4.79 Å². The highest BCUT2D eigenvalue weighted by molar-refractivity contribution is 5.93. The molecular formula is C14H13NO3. The topological polar surface area (TPSA) is 59.3 Å². The summed E-state index contributed by atoms with van der Waals surface area (Å²) in [6, 6.07) is 10.9. The van der Waals surface area contributed by atoms with Crippen LogP contribution >= 0.6 is 0 Å². The van der Waals surface area contributed by atoms with Gasteiger partial charge in [0.05, 0.1) is 0 Å². The summed E-state index contributed by atoms with van der Waals surface area (Å²) in [5.74, 6) is 0.0322. The second-order valence-electron chi connectivity index (χ2n) is 3.23. The molecule has 4 nitrogen and oxygen atoms in total.